The van der Waals surface area contributed by atoms with Crippen LogP contribution in [0.2, 0.25) is 5.02 Å². The van der Waals surface area contributed by atoms with Crippen molar-refractivity contribution in [3.8, 4) is 0 Å². The van der Waals surface area contributed by atoms with Gasteiger partial charge >= 0.3 is 0 Å². The number of anilines is 1. The molecule has 120 valence electrons. The Bertz CT molecular complexity index is 816. The smallest absolute Gasteiger partial charge is 0.258 e. The van der Waals surface area contributed by atoms with E-state index < -0.39 is 0 Å². The number of nitrogens with one attached hydrogen (secondary N) is 1. The number of amides is 1. The van der Waals surface area contributed by atoms with Crippen molar-refractivity contribution in [1.29, 1.82) is 0 Å². The van der Waals surface area contributed by atoms with Gasteiger partial charge in [-0.25, -0.2) is 4.98 Å². The van der Waals surface area contributed by atoms with E-state index in [-0.39, 0.29) is 17.1 Å². The van der Waals surface area contributed by atoms with Crippen LogP contribution in [-0.2, 0) is 6.42 Å². The first-order valence-electron chi connectivity index (χ1n) is 7.04. The van der Waals surface area contributed by atoms with Crippen LogP contribution in [0, 0.1) is 5.41 Å². The number of nitrogens with zero attached hydrogens (tertiary/aromatic N) is 1. The molecule has 0 bridgehead atoms. The number of rotatable bonds is 2. The predicted octanol–water partition coefficient (Wildman–Crippen LogP) is 4.97. The van der Waals surface area contributed by atoms with E-state index in [9.17, 15) is 9.59 Å². The highest BCUT2D eigenvalue weighted by molar-refractivity contribution is 9.10. The third-order valence-electron chi connectivity index (χ3n) is 3.63. The van der Waals surface area contributed by atoms with Gasteiger partial charge in [0.15, 0.2) is 10.9 Å². The van der Waals surface area contributed by atoms with Crippen molar-refractivity contribution in [3.63, 3.8) is 0 Å². The largest absolute Gasteiger partial charge is 0.298 e. The Labute approximate surface area is 151 Å². The minimum Gasteiger partial charge on any atom is -0.298 e. The van der Waals surface area contributed by atoms with Gasteiger partial charge in [-0.1, -0.05) is 36.8 Å². The Morgan fingerprint density at radius 1 is 1.39 bits per heavy atom. The third-order valence-corrected chi connectivity index (χ3v) is 5.61. The van der Waals surface area contributed by atoms with Crippen LogP contribution in [0.5, 0.6) is 0 Å². The first-order valence-corrected chi connectivity index (χ1v) is 9.03. The van der Waals surface area contributed by atoms with Gasteiger partial charge in [-0.15, -0.1) is 0 Å². The van der Waals surface area contributed by atoms with E-state index in [1.54, 1.807) is 18.2 Å². The molecule has 1 heterocycles. The van der Waals surface area contributed by atoms with Crippen LogP contribution in [-0.4, -0.2) is 16.7 Å². The van der Waals surface area contributed by atoms with E-state index >= 15 is 0 Å². The van der Waals surface area contributed by atoms with Crippen molar-refractivity contribution in [1.82, 2.24) is 4.98 Å². The second-order valence-electron chi connectivity index (χ2n) is 6.31. The van der Waals surface area contributed by atoms with E-state index in [0.717, 1.165) is 12.1 Å². The molecule has 0 unspecified atom stereocenters. The maximum absolute atomic E-state index is 12.4. The summed E-state index contributed by atoms with van der Waals surface area (Å²) in [5.41, 5.74) is 1.11. The summed E-state index contributed by atoms with van der Waals surface area (Å²) in [5.74, 6) is -0.213. The maximum atomic E-state index is 12.4. The normalized spacial score (nSPS) is 16.1. The van der Waals surface area contributed by atoms with Crippen molar-refractivity contribution in [2.24, 2.45) is 5.41 Å². The summed E-state index contributed by atoms with van der Waals surface area (Å²) in [7, 11) is 0. The average molecular weight is 414 g/mol. The summed E-state index contributed by atoms with van der Waals surface area (Å²) in [6.45, 7) is 4.10. The highest BCUT2D eigenvalue weighted by Gasteiger charge is 2.34. The molecule has 0 atom stereocenters. The van der Waals surface area contributed by atoms with Gasteiger partial charge < -0.3 is 0 Å². The number of hydrogen-bond donors (Lipinski definition) is 1. The molecule has 1 N–H and O–H groups in total. The monoisotopic (exact) mass is 412 g/mol. The zero-order chi connectivity index (χ0) is 16.8. The van der Waals surface area contributed by atoms with Crippen molar-refractivity contribution in [3.05, 3.63) is 43.8 Å². The molecule has 1 amide bonds. The molecule has 0 radical (unpaired) electrons. The van der Waals surface area contributed by atoms with Crippen LogP contribution in [0.15, 0.2) is 22.7 Å². The van der Waals surface area contributed by atoms with Gasteiger partial charge in [0.2, 0.25) is 0 Å². The number of Topliss-reactive ketones (excluding diaryl/α,β-unsaturated/α-hetero) is 1. The van der Waals surface area contributed by atoms with Crippen LogP contribution in [0.25, 0.3) is 0 Å². The first-order chi connectivity index (χ1) is 10.7. The zero-order valence-electron chi connectivity index (χ0n) is 12.6. The summed E-state index contributed by atoms with van der Waals surface area (Å²) >= 11 is 10.5. The second-order valence-corrected chi connectivity index (χ2v) is 8.60. The standard InChI is InChI=1S/C16H14BrClN2O2S/c1-16(2)6-11-13(12(21)7-16)23-15(19-11)20-14(22)9-5-8(18)3-4-10(9)17/h3-5H,6-7H2,1-2H3,(H,19,20,22). The van der Waals surface area contributed by atoms with Crippen LogP contribution in [0.4, 0.5) is 5.13 Å². The zero-order valence-corrected chi connectivity index (χ0v) is 15.7. The van der Waals surface area contributed by atoms with E-state index in [2.05, 4.69) is 40.1 Å². The summed E-state index contributed by atoms with van der Waals surface area (Å²) in [6.07, 6.45) is 1.25. The molecular formula is C16H14BrClN2O2S. The van der Waals surface area contributed by atoms with Crippen LogP contribution >= 0.6 is 38.9 Å². The molecule has 7 heteroatoms. The Hall–Kier alpha value is -1.24. The average Bonchev–Trinajstić information content (AvgIpc) is 2.82. The molecule has 1 aliphatic rings. The van der Waals surface area contributed by atoms with Gasteiger partial charge in [0.1, 0.15) is 0 Å². The van der Waals surface area contributed by atoms with E-state index in [1.165, 1.54) is 11.3 Å². The van der Waals surface area contributed by atoms with Crippen molar-refractivity contribution in [2.75, 3.05) is 5.32 Å². The first kappa shape index (κ1) is 16.6. The topological polar surface area (TPSA) is 59.1 Å². The molecule has 0 fully saturated rings. The number of ketones is 1. The predicted molar refractivity (Wildman–Crippen MR) is 95.7 cm³/mol. The molecule has 1 aromatic heterocycles. The number of benzene rings is 1. The lowest BCUT2D eigenvalue weighted by Gasteiger charge is -2.26. The molecule has 1 aliphatic carbocycles. The lowest BCUT2D eigenvalue weighted by Crippen LogP contribution is -2.26. The van der Waals surface area contributed by atoms with Crippen molar-refractivity contribution in [2.45, 2.75) is 26.7 Å². The Morgan fingerprint density at radius 3 is 2.87 bits per heavy atom. The molecular weight excluding hydrogens is 400 g/mol. The second kappa shape index (κ2) is 6.00. The lowest BCUT2D eigenvalue weighted by atomic mass is 9.78. The molecule has 0 saturated carbocycles. The lowest BCUT2D eigenvalue weighted by molar-refractivity contribution is 0.0915. The molecule has 2 aromatic rings. The van der Waals surface area contributed by atoms with Crippen LogP contribution < -0.4 is 5.32 Å². The van der Waals surface area contributed by atoms with Crippen molar-refractivity contribution >= 4 is 55.7 Å². The molecule has 23 heavy (non-hydrogen) atoms. The Kier molecular flexibility index (Phi) is 4.33. The van der Waals surface area contributed by atoms with E-state index in [1.807, 2.05) is 0 Å². The number of aromatic nitrogens is 1. The number of halogens is 2. The SMILES string of the molecule is CC1(C)CC(=O)c2sc(NC(=O)c3cc(Cl)ccc3Br)nc2C1. The molecule has 1 aromatic carbocycles. The van der Waals surface area contributed by atoms with Gasteiger partial charge in [0.25, 0.3) is 5.91 Å². The fraction of sp³-hybridized carbons (Fsp3) is 0.312. The summed E-state index contributed by atoms with van der Waals surface area (Å²) in [6, 6.07) is 5.00. The highest BCUT2D eigenvalue weighted by Crippen LogP contribution is 2.38. The quantitative estimate of drug-likeness (QED) is 0.756. The molecule has 0 saturated heterocycles. The summed E-state index contributed by atoms with van der Waals surface area (Å²) < 4.78 is 0.651. The van der Waals surface area contributed by atoms with E-state index in [0.29, 0.717) is 31.5 Å². The van der Waals surface area contributed by atoms with Gasteiger partial charge in [-0.2, -0.15) is 0 Å². The van der Waals surface area contributed by atoms with Crippen molar-refractivity contribution < 1.29 is 9.59 Å². The minimum atomic E-state index is -0.308. The molecule has 0 spiro atoms. The van der Waals surface area contributed by atoms with Gasteiger partial charge in [-0.05, 0) is 46.0 Å². The molecule has 3 rings (SSSR count). The van der Waals surface area contributed by atoms with E-state index in [4.69, 9.17) is 11.6 Å². The molecule has 0 aliphatic heterocycles. The number of carbonyl (C=O) groups excluding carboxylic acids is 2. The van der Waals surface area contributed by atoms with Crippen LogP contribution in [0.1, 0.15) is 46.0 Å². The fourth-order valence-electron chi connectivity index (χ4n) is 2.61. The Morgan fingerprint density at radius 2 is 2.13 bits per heavy atom. The highest BCUT2D eigenvalue weighted by atomic mass is 79.9. The Balaban J connectivity index is 1.86. The number of hydrogen-bond acceptors (Lipinski definition) is 4. The van der Waals surface area contributed by atoms with Gasteiger partial charge in [0.05, 0.1) is 16.1 Å². The summed E-state index contributed by atoms with van der Waals surface area (Å²) in [5, 5.41) is 3.68. The van der Waals surface area contributed by atoms with Gasteiger partial charge in [-0.3, -0.25) is 14.9 Å². The fourth-order valence-corrected chi connectivity index (χ4v) is 4.12. The maximum Gasteiger partial charge on any atom is 0.258 e. The third kappa shape index (κ3) is 3.49. The van der Waals surface area contributed by atoms with Crippen LogP contribution in [0.3, 0.4) is 0 Å². The number of fused-ring (bicyclic) bond motifs is 1. The molecule has 4 nitrogen and oxygen atoms in total. The summed E-state index contributed by atoms with van der Waals surface area (Å²) in [4.78, 5) is 29.7. The minimum absolute atomic E-state index is 0.0879. The van der Waals surface area contributed by atoms with Gasteiger partial charge in [0, 0.05) is 15.9 Å². The number of carbonyl (C=O) groups is 2. The number of thiazole rings is 1.